The largest absolute Gasteiger partial charge is 0.197 e. The van der Waals surface area contributed by atoms with Gasteiger partial charge in [-0.15, -0.1) is 0 Å². The fourth-order valence-electron chi connectivity index (χ4n) is 3.10. The van der Waals surface area contributed by atoms with Crippen molar-refractivity contribution in [3.8, 4) is 6.07 Å². The van der Waals surface area contributed by atoms with Gasteiger partial charge in [0.25, 0.3) is 0 Å². The van der Waals surface area contributed by atoms with Gasteiger partial charge in [0.1, 0.15) is 0 Å². The molecular weight excluding hydrogens is 349 g/mol. The smallest absolute Gasteiger partial charge is 0.0903 e. The summed E-state index contributed by atoms with van der Waals surface area (Å²) >= 11 is 12.7. The normalized spacial score (nSPS) is 11.1. The van der Waals surface area contributed by atoms with Crippen LogP contribution in [0.1, 0.15) is 16.7 Å². The molecule has 0 radical (unpaired) electrons. The third-order valence-electron chi connectivity index (χ3n) is 4.44. The van der Waals surface area contributed by atoms with Crippen molar-refractivity contribution in [1.29, 1.82) is 5.26 Å². The van der Waals surface area contributed by atoms with E-state index in [1.54, 1.807) is 0 Å². The van der Waals surface area contributed by atoms with Crippen LogP contribution < -0.4 is 0 Å². The molecule has 124 valence electrons. The van der Waals surface area contributed by atoms with Gasteiger partial charge in [-0.05, 0) is 41.7 Å². The molecule has 1 nitrogen and oxygen atoms in total. The average molecular weight is 366 g/mol. The van der Waals surface area contributed by atoms with Crippen molar-refractivity contribution < 1.29 is 0 Å². The fraction of sp³-hybridized carbons (Fsp3) is 0.136. The Kier molecular flexibility index (Phi) is 5.43. The second kappa shape index (κ2) is 7.74. The van der Waals surface area contributed by atoms with Crippen molar-refractivity contribution in [2.24, 2.45) is 0 Å². The minimum atomic E-state index is -0.739. The molecule has 0 N–H and O–H groups in total. The minimum Gasteiger partial charge on any atom is -0.197 e. The third-order valence-corrected chi connectivity index (χ3v) is 5.18. The summed E-state index contributed by atoms with van der Waals surface area (Å²) in [5.74, 6) is 0. The lowest BCUT2D eigenvalue weighted by atomic mass is 9.72. The maximum atomic E-state index is 10.2. The molecule has 0 amide bonds. The van der Waals surface area contributed by atoms with Crippen molar-refractivity contribution in [3.63, 3.8) is 0 Å². The van der Waals surface area contributed by atoms with Gasteiger partial charge in [-0.1, -0.05) is 89.9 Å². The van der Waals surface area contributed by atoms with E-state index in [2.05, 4.69) is 6.07 Å². The van der Waals surface area contributed by atoms with Crippen molar-refractivity contribution in [2.45, 2.75) is 18.3 Å². The lowest BCUT2D eigenvalue weighted by Gasteiger charge is -2.28. The molecule has 0 heterocycles. The SMILES string of the molecule is N#CC(Cc1ccccc1Cl)(Cc1ccccc1Cl)c1ccccc1. The van der Waals surface area contributed by atoms with Crippen LogP contribution in [-0.4, -0.2) is 0 Å². The summed E-state index contributed by atoms with van der Waals surface area (Å²) in [6.07, 6.45) is 1.05. The van der Waals surface area contributed by atoms with Gasteiger partial charge in [0, 0.05) is 10.0 Å². The number of hydrogen-bond donors (Lipinski definition) is 0. The lowest BCUT2D eigenvalue weighted by molar-refractivity contribution is 0.542. The fourth-order valence-corrected chi connectivity index (χ4v) is 3.51. The summed E-state index contributed by atoms with van der Waals surface area (Å²) in [7, 11) is 0. The summed E-state index contributed by atoms with van der Waals surface area (Å²) in [6, 6.07) is 27.8. The van der Waals surface area contributed by atoms with Crippen molar-refractivity contribution in [2.75, 3.05) is 0 Å². The summed E-state index contributed by atoms with van der Waals surface area (Å²) in [4.78, 5) is 0. The van der Waals surface area contributed by atoms with Gasteiger partial charge in [-0.2, -0.15) is 5.26 Å². The second-order valence-electron chi connectivity index (χ2n) is 6.10. The molecule has 0 aromatic heterocycles. The van der Waals surface area contributed by atoms with Crippen LogP contribution in [0.25, 0.3) is 0 Å². The first-order valence-electron chi connectivity index (χ1n) is 8.08. The highest BCUT2D eigenvalue weighted by Gasteiger charge is 2.34. The summed E-state index contributed by atoms with van der Waals surface area (Å²) in [6.45, 7) is 0. The Bertz CT molecular complexity index is 850. The van der Waals surface area contributed by atoms with Crippen LogP contribution in [0.2, 0.25) is 10.0 Å². The highest BCUT2D eigenvalue weighted by atomic mass is 35.5. The number of rotatable bonds is 5. The number of benzene rings is 3. The van der Waals surface area contributed by atoms with E-state index < -0.39 is 5.41 Å². The molecule has 0 aliphatic carbocycles. The molecule has 0 aliphatic rings. The lowest BCUT2D eigenvalue weighted by Crippen LogP contribution is -2.30. The topological polar surface area (TPSA) is 23.8 Å². The Morgan fingerprint density at radius 2 is 1.12 bits per heavy atom. The Labute approximate surface area is 158 Å². The minimum absolute atomic E-state index is 0.526. The number of nitrogens with zero attached hydrogens (tertiary/aromatic N) is 1. The zero-order valence-corrected chi connectivity index (χ0v) is 15.1. The van der Waals surface area contributed by atoms with Crippen molar-refractivity contribution in [3.05, 3.63) is 106 Å². The predicted octanol–water partition coefficient (Wildman–Crippen LogP) is 6.24. The Morgan fingerprint density at radius 1 is 0.680 bits per heavy atom. The molecule has 0 aliphatic heterocycles. The van der Waals surface area contributed by atoms with E-state index in [0.29, 0.717) is 22.9 Å². The molecule has 3 aromatic rings. The molecule has 0 saturated heterocycles. The number of halogens is 2. The van der Waals surface area contributed by atoms with Gasteiger partial charge < -0.3 is 0 Å². The van der Waals surface area contributed by atoms with Crippen LogP contribution in [-0.2, 0) is 18.3 Å². The van der Waals surface area contributed by atoms with E-state index >= 15 is 0 Å². The van der Waals surface area contributed by atoms with Crippen LogP contribution in [0.4, 0.5) is 0 Å². The second-order valence-corrected chi connectivity index (χ2v) is 6.91. The average Bonchev–Trinajstić information content (AvgIpc) is 2.65. The van der Waals surface area contributed by atoms with Gasteiger partial charge in [0.05, 0.1) is 11.5 Å². The molecule has 3 aromatic carbocycles. The first-order valence-corrected chi connectivity index (χ1v) is 8.84. The number of nitriles is 1. The van der Waals surface area contributed by atoms with E-state index in [0.717, 1.165) is 16.7 Å². The maximum absolute atomic E-state index is 10.2. The maximum Gasteiger partial charge on any atom is 0.0903 e. The van der Waals surface area contributed by atoms with Crippen LogP contribution >= 0.6 is 23.2 Å². The van der Waals surface area contributed by atoms with E-state index in [1.165, 1.54) is 0 Å². The third kappa shape index (κ3) is 3.87. The molecule has 0 atom stereocenters. The highest BCUT2D eigenvalue weighted by Crippen LogP contribution is 2.35. The molecule has 3 heteroatoms. The molecule has 25 heavy (non-hydrogen) atoms. The molecule has 0 spiro atoms. The first kappa shape index (κ1) is 17.5. The Morgan fingerprint density at radius 3 is 1.56 bits per heavy atom. The van der Waals surface area contributed by atoms with Gasteiger partial charge in [-0.3, -0.25) is 0 Å². The molecule has 0 unspecified atom stereocenters. The van der Waals surface area contributed by atoms with Crippen LogP contribution in [0.5, 0.6) is 0 Å². The van der Waals surface area contributed by atoms with Crippen molar-refractivity contribution >= 4 is 23.2 Å². The van der Waals surface area contributed by atoms with Crippen LogP contribution in [0, 0.1) is 11.3 Å². The molecular formula is C22H17Cl2N. The highest BCUT2D eigenvalue weighted by molar-refractivity contribution is 6.31. The molecule has 0 saturated carbocycles. The standard InChI is InChI=1S/C22H17Cl2N/c23-20-12-6-4-8-17(20)14-22(16-25,19-10-2-1-3-11-19)15-18-9-5-7-13-21(18)24/h1-13H,14-15H2. The quantitative estimate of drug-likeness (QED) is 0.524. The predicted molar refractivity (Wildman–Crippen MR) is 104 cm³/mol. The van der Waals surface area contributed by atoms with E-state index in [-0.39, 0.29) is 0 Å². The van der Waals surface area contributed by atoms with Crippen molar-refractivity contribution in [1.82, 2.24) is 0 Å². The summed E-state index contributed by atoms with van der Waals surface area (Å²) in [5.41, 5.74) is 2.15. The molecule has 0 fully saturated rings. The van der Waals surface area contributed by atoms with E-state index in [1.807, 2.05) is 78.9 Å². The van der Waals surface area contributed by atoms with Crippen LogP contribution in [0.15, 0.2) is 78.9 Å². The summed E-state index contributed by atoms with van der Waals surface area (Å²) < 4.78 is 0. The van der Waals surface area contributed by atoms with Gasteiger partial charge >= 0.3 is 0 Å². The van der Waals surface area contributed by atoms with Crippen LogP contribution in [0.3, 0.4) is 0 Å². The zero-order valence-electron chi connectivity index (χ0n) is 13.6. The monoisotopic (exact) mass is 365 g/mol. The first-order chi connectivity index (χ1) is 12.1. The van der Waals surface area contributed by atoms with Gasteiger partial charge in [-0.25, -0.2) is 0 Å². The summed E-state index contributed by atoms with van der Waals surface area (Å²) in [5, 5.41) is 11.6. The number of hydrogen-bond acceptors (Lipinski definition) is 1. The Balaban J connectivity index is 2.09. The van der Waals surface area contributed by atoms with Gasteiger partial charge in [0.2, 0.25) is 0 Å². The molecule has 0 bridgehead atoms. The zero-order chi connectivity index (χ0) is 17.7. The Hall–Kier alpha value is -2.27. The van der Waals surface area contributed by atoms with Gasteiger partial charge in [0.15, 0.2) is 0 Å². The molecule has 3 rings (SSSR count). The van der Waals surface area contributed by atoms with E-state index in [4.69, 9.17) is 23.2 Å². The van der Waals surface area contributed by atoms with E-state index in [9.17, 15) is 5.26 Å².